The number of rotatable bonds is 26. The van der Waals surface area contributed by atoms with E-state index in [1.165, 1.54) is 12.2 Å². The summed E-state index contributed by atoms with van der Waals surface area (Å²) in [6.07, 6.45) is 5.36. The van der Waals surface area contributed by atoms with Gasteiger partial charge in [0.15, 0.2) is 0 Å². The first-order chi connectivity index (χ1) is 20.4. The molecule has 0 fully saturated rings. The predicted octanol–water partition coefficient (Wildman–Crippen LogP) is -0.476. The molecular formula is C27H38N2O13. The number of imide groups is 2. The van der Waals surface area contributed by atoms with Gasteiger partial charge in [0.2, 0.25) is 0 Å². The molecule has 0 saturated heterocycles. The first-order valence-electron chi connectivity index (χ1n) is 13.7. The Bertz CT molecular complexity index is 930. The zero-order valence-electron chi connectivity index (χ0n) is 23.5. The lowest BCUT2D eigenvalue weighted by Gasteiger charge is -2.12. The van der Waals surface area contributed by atoms with Crippen LogP contribution >= 0.6 is 0 Å². The first-order valence-corrected chi connectivity index (χ1v) is 13.7. The molecule has 0 aromatic heterocycles. The highest BCUT2D eigenvalue weighted by Gasteiger charge is 2.27. The second-order valence-corrected chi connectivity index (χ2v) is 8.75. The van der Waals surface area contributed by atoms with Crippen molar-refractivity contribution in [2.45, 2.75) is 25.7 Å². The molecular weight excluding hydrogens is 560 g/mol. The molecule has 4 amide bonds. The SMILES string of the molecule is O=C(CCCOCCOCCOCCOCCOCCOCCC(=O)ON1C(=O)C=CC1=O)CCN1C(=O)C=CC1=O. The highest BCUT2D eigenvalue weighted by Crippen LogP contribution is 2.07. The van der Waals surface area contributed by atoms with Gasteiger partial charge in [-0.05, 0) is 6.42 Å². The number of carbonyl (C=O) groups is 6. The van der Waals surface area contributed by atoms with Gasteiger partial charge in [-0.2, -0.15) is 0 Å². The lowest BCUT2D eigenvalue weighted by molar-refractivity contribution is -0.196. The molecule has 0 saturated carbocycles. The maximum atomic E-state index is 11.9. The molecule has 0 unspecified atom stereocenters. The van der Waals surface area contributed by atoms with Gasteiger partial charge in [-0.3, -0.25) is 28.9 Å². The van der Waals surface area contributed by atoms with E-state index in [0.29, 0.717) is 84.0 Å². The quantitative estimate of drug-likeness (QED) is 0.0924. The Balaban J connectivity index is 1.23. The minimum atomic E-state index is -0.750. The van der Waals surface area contributed by atoms with Gasteiger partial charge in [-0.15, -0.1) is 0 Å². The molecule has 2 aliphatic rings. The molecule has 15 heteroatoms. The van der Waals surface area contributed by atoms with E-state index in [1.54, 1.807) is 0 Å². The predicted molar refractivity (Wildman–Crippen MR) is 141 cm³/mol. The minimum Gasteiger partial charge on any atom is -0.379 e. The van der Waals surface area contributed by atoms with Crippen LogP contribution in [0.4, 0.5) is 0 Å². The van der Waals surface area contributed by atoms with Crippen LogP contribution in [0.25, 0.3) is 0 Å². The Morgan fingerprint density at radius 1 is 0.500 bits per heavy atom. The summed E-state index contributed by atoms with van der Waals surface area (Å²) in [5.74, 6) is -2.93. The summed E-state index contributed by atoms with van der Waals surface area (Å²) in [5.41, 5.74) is 0. The van der Waals surface area contributed by atoms with Crippen LogP contribution in [0.2, 0.25) is 0 Å². The van der Waals surface area contributed by atoms with E-state index in [-0.39, 0.29) is 50.2 Å². The molecule has 2 rings (SSSR count). The number of hydrogen-bond donors (Lipinski definition) is 0. The van der Waals surface area contributed by atoms with Crippen LogP contribution in [0, 0.1) is 0 Å². The number of nitrogens with zero attached hydrogens (tertiary/aromatic N) is 2. The number of hydroxylamine groups is 2. The van der Waals surface area contributed by atoms with Crippen molar-refractivity contribution in [2.75, 3.05) is 85.8 Å². The van der Waals surface area contributed by atoms with Gasteiger partial charge in [0, 0.05) is 50.3 Å². The average Bonchev–Trinajstić information content (AvgIpc) is 3.46. The van der Waals surface area contributed by atoms with Gasteiger partial charge < -0.3 is 33.3 Å². The summed E-state index contributed by atoms with van der Waals surface area (Å²) in [6.45, 7) is 4.37. The van der Waals surface area contributed by atoms with Crippen LogP contribution in [0.3, 0.4) is 0 Å². The Morgan fingerprint density at radius 2 is 0.905 bits per heavy atom. The molecule has 0 aromatic carbocycles. The monoisotopic (exact) mass is 598 g/mol. The number of carbonyl (C=O) groups excluding carboxylic acids is 6. The van der Waals surface area contributed by atoms with Gasteiger partial charge in [-0.1, -0.05) is 5.06 Å². The maximum Gasteiger partial charge on any atom is 0.335 e. The summed E-state index contributed by atoms with van der Waals surface area (Å²) >= 11 is 0. The van der Waals surface area contributed by atoms with Gasteiger partial charge >= 0.3 is 5.97 Å². The molecule has 0 radical (unpaired) electrons. The molecule has 0 bridgehead atoms. The first kappa shape index (κ1) is 34.9. The highest BCUT2D eigenvalue weighted by molar-refractivity contribution is 6.13. The van der Waals surface area contributed by atoms with E-state index in [1.807, 2.05) is 0 Å². The fourth-order valence-electron chi connectivity index (χ4n) is 3.37. The largest absolute Gasteiger partial charge is 0.379 e. The van der Waals surface area contributed by atoms with Crippen molar-refractivity contribution in [3.63, 3.8) is 0 Å². The van der Waals surface area contributed by atoms with Crippen molar-refractivity contribution >= 4 is 35.4 Å². The lowest BCUT2D eigenvalue weighted by atomic mass is 10.1. The summed E-state index contributed by atoms with van der Waals surface area (Å²) < 4.78 is 32.2. The Kier molecular flexibility index (Phi) is 17.7. The van der Waals surface area contributed by atoms with Crippen molar-refractivity contribution in [1.82, 2.24) is 9.96 Å². The van der Waals surface area contributed by atoms with E-state index < -0.39 is 17.8 Å². The number of amides is 4. The van der Waals surface area contributed by atoms with Gasteiger partial charge in [0.25, 0.3) is 23.6 Å². The van der Waals surface area contributed by atoms with Gasteiger partial charge in [0.05, 0.1) is 79.1 Å². The fourth-order valence-corrected chi connectivity index (χ4v) is 3.37. The number of Topliss-reactive ketones (excluding diaryl/α,β-unsaturated/α-hetero) is 1. The van der Waals surface area contributed by atoms with Crippen LogP contribution in [-0.2, 0) is 62.0 Å². The number of ether oxygens (including phenoxy) is 6. The summed E-state index contributed by atoms with van der Waals surface area (Å²) in [5, 5.41) is 0.397. The highest BCUT2D eigenvalue weighted by atomic mass is 16.7. The van der Waals surface area contributed by atoms with Crippen LogP contribution in [0.1, 0.15) is 25.7 Å². The van der Waals surface area contributed by atoms with Crippen LogP contribution in [0.15, 0.2) is 24.3 Å². The van der Waals surface area contributed by atoms with Gasteiger partial charge in [0.1, 0.15) is 5.78 Å². The van der Waals surface area contributed by atoms with E-state index >= 15 is 0 Å². The van der Waals surface area contributed by atoms with Crippen molar-refractivity contribution in [1.29, 1.82) is 0 Å². The summed E-state index contributed by atoms with van der Waals surface area (Å²) in [4.78, 5) is 74.6. The molecule has 2 aliphatic heterocycles. The second-order valence-electron chi connectivity index (χ2n) is 8.75. The fraction of sp³-hybridized carbons (Fsp3) is 0.630. The van der Waals surface area contributed by atoms with Crippen molar-refractivity contribution in [3.8, 4) is 0 Å². The van der Waals surface area contributed by atoms with E-state index in [2.05, 4.69) is 4.84 Å². The topological polar surface area (TPSA) is 174 Å². The standard InChI is InChI=1S/C27H38N2O13/c30-22(7-9-28-23(31)3-4-24(28)32)2-1-10-36-12-14-38-16-18-40-20-21-41-19-17-39-15-13-37-11-8-27(35)42-29-25(33)5-6-26(29)34/h3-6H,1-2,7-21H2. The van der Waals surface area contributed by atoms with Crippen molar-refractivity contribution in [3.05, 3.63) is 24.3 Å². The van der Waals surface area contributed by atoms with Crippen LogP contribution < -0.4 is 0 Å². The Hall–Kier alpha value is -3.34. The number of ketones is 1. The molecule has 234 valence electrons. The zero-order valence-corrected chi connectivity index (χ0v) is 23.5. The third-order valence-corrected chi connectivity index (χ3v) is 5.53. The van der Waals surface area contributed by atoms with Crippen molar-refractivity contribution in [2.24, 2.45) is 0 Å². The summed E-state index contributed by atoms with van der Waals surface area (Å²) in [7, 11) is 0. The third-order valence-electron chi connectivity index (χ3n) is 5.53. The third kappa shape index (κ3) is 15.0. The van der Waals surface area contributed by atoms with Gasteiger partial charge in [-0.25, -0.2) is 4.79 Å². The molecule has 0 spiro atoms. The minimum absolute atomic E-state index is 0.0205. The zero-order chi connectivity index (χ0) is 30.4. The molecule has 2 heterocycles. The summed E-state index contributed by atoms with van der Waals surface area (Å²) in [6, 6.07) is 0. The van der Waals surface area contributed by atoms with Crippen molar-refractivity contribution < 1.29 is 62.0 Å². The average molecular weight is 599 g/mol. The van der Waals surface area contributed by atoms with E-state index in [0.717, 1.165) is 17.1 Å². The van der Waals surface area contributed by atoms with Crippen LogP contribution in [-0.4, -0.2) is 131 Å². The van der Waals surface area contributed by atoms with Crippen LogP contribution in [0.5, 0.6) is 0 Å². The normalized spacial score (nSPS) is 14.6. The molecule has 0 aromatic rings. The molecule has 42 heavy (non-hydrogen) atoms. The number of hydrogen-bond acceptors (Lipinski definition) is 13. The molecule has 0 N–H and O–H groups in total. The Labute approximate surface area is 243 Å². The molecule has 0 atom stereocenters. The second kappa shape index (κ2) is 21.4. The van der Waals surface area contributed by atoms with E-state index in [9.17, 15) is 28.8 Å². The lowest BCUT2D eigenvalue weighted by Crippen LogP contribution is -2.33. The molecule has 0 aliphatic carbocycles. The molecule has 15 nitrogen and oxygen atoms in total. The maximum absolute atomic E-state index is 11.9. The smallest absolute Gasteiger partial charge is 0.335 e. The Morgan fingerprint density at radius 3 is 1.38 bits per heavy atom. The van der Waals surface area contributed by atoms with E-state index in [4.69, 9.17) is 28.4 Å².